The van der Waals surface area contributed by atoms with Crippen molar-refractivity contribution in [3.63, 3.8) is 0 Å². The number of benzene rings is 2. The fraction of sp³-hybridized carbons (Fsp3) is 0.118. The first-order chi connectivity index (χ1) is 10.7. The smallest absolute Gasteiger partial charge is 0.203 e. The monoisotopic (exact) mass is 305 g/mol. The van der Waals surface area contributed by atoms with Gasteiger partial charge in [-0.2, -0.15) is 10.5 Å². The first-order valence-electron chi connectivity index (χ1n) is 6.68. The molecule has 0 saturated heterocycles. The Hall–Kier alpha value is -2.89. The number of hydrogen-bond donors (Lipinski definition) is 2. The molecule has 1 heterocycles. The van der Waals surface area contributed by atoms with Crippen LogP contribution in [0.3, 0.4) is 0 Å². The van der Waals surface area contributed by atoms with Gasteiger partial charge in [0, 0.05) is 5.92 Å². The quantitative estimate of drug-likeness (QED) is 0.790. The minimum Gasteiger partial charge on any atom is -0.494 e. The molecular formula is C17H11N3OS. The maximum Gasteiger partial charge on any atom is 0.203 e. The van der Waals surface area contributed by atoms with E-state index in [0.717, 1.165) is 16.3 Å². The van der Waals surface area contributed by atoms with Crippen molar-refractivity contribution in [2.24, 2.45) is 5.92 Å². The van der Waals surface area contributed by atoms with Crippen LogP contribution >= 0.6 is 12.2 Å². The van der Waals surface area contributed by atoms with Crippen LogP contribution in [0.4, 0.5) is 0 Å². The number of allylic oxidation sites excluding steroid dienone is 1. The Morgan fingerprint density at radius 3 is 2.55 bits per heavy atom. The Balaban J connectivity index is 2.31. The number of fused-ring (bicyclic) bond motifs is 1. The summed E-state index contributed by atoms with van der Waals surface area (Å²) in [6.45, 7) is 0. The van der Waals surface area contributed by atoms with Crippen molar-refractivity contribution in [2.75, 3.05) is 0 Å². The molecule has 2 N–H and O–H groups in total. The lowest BCUT2D eigenvalue weighted by Gasteiger charge is -2.29. The summed E-state index contributed by atoms with van der Waals surface area (Å²) in [6.07, 6.45) is 0. The molecule has 0 spiro atoms. The number of hydrogen-bond acceptors (Lipinski definition) is 4. The summed E-state index contributed by atoms with van der Waals surface area (Å²) >= 11 is 5.17. The second-order valence-corrected chi connectivity index (χ2v) is 5.46. The fourth-order valence-electron chi connectivity index (χ4n) is 2.84. The Labute approximate surface area is 132 Å². The van der Waals surface area contributed by atoms with Gasteiger partial charge < -0.3 is 10.4 Å². The minimum atomic E-state index is -0.689. The molecule has 106 valence electrons. The summed E-state index contributed by atoms with van der Waals surface area (Å²) in [5.74, 6) is -1.53. The van der Waals surface area contributed by atoms with Gasteiger partial charge in [0.1, 0.15) is 17.0 Å². The number of nitriles is 2. The summed E-state index contributed by atoms with van der Waals surface area (Å²) in [7, 11) is 0. The predicted molar refractivity (Wildman–Crippen MR) is 86.8 cm³/mol. The van der Waals surface area contributed by atoms with Crippen molar-refractivity contribution in [3.05, 3.63) is 59.5 Å². The topological polar surface area (TPSA) is 79.8 Å². The van der Waals surface area contributed by atoms with Crippen LogP contribution in [0, 0.1) is 28.6 Å². The fourth-order valence-corrected chi connectivity index (χ4v) is 3.12. The third-order valence-electron chi connectivity index (χ3n) is 3.84. The summed E-state index contributed by atoms with van der Waals surface area (Å²) in [5.41, 5.74) is 0.952. The van der Waals surface area contributed by atoms with Crippen LogP contribution in [0.25, 0.3) is 10.8 Å². The average Bonchev–Trinajstić information content (AvgIpc) is 2.54. The van der Waals surface area contributed by atoms with E-state index in [1.54, 1.807) is 0 Å². The number of thiocarbonyl (C=S) groups is 1. The zero-order valence-electron chi connectivity index (χ0n) is 11.4. The molecule has 0 bridgehead atoms. The normalized spacial score (nSPS) is 21.1. The molecule has 1 aliphatic heterocycles. The predicted octanol–water partition coefficient (Wildman–Crippen LogP) is 3.29. The van der Waals surface area contributed by atoms with E-state index >= 15 is 0 Å². The average molecular weight is 305 g/mol. The maximum absolute atomic E-state index is 10.0. The Kier molecular flexibility index (Phi) is 3.50. The van der Waals surface area contributed by atoms with Gasteiger partial charge in [-0.3, -0.25) is 0 Å². The van der Waals surface area contributed by atoms with Crippen LogP contribution in [0.5, 0.6) is 0 Å². The highest BCUT2D eigenvalue weighted by molar-refractivity contribution is 7.80. The molecule has 0 radical (unpaired) electrons. The molecule has 2 aromatic rings. The summed E-state index contributed by atoms with van der Waals surface area (Å²) < 4.78 is 0. The third kappa shape index (κ3) is 2.09. The Bertz CT molecular complexity index is 883. The molecule has 3 rings (SSSR count). The van der Waals surface area contributed by atoms with Crippen molar-refractivity contribution >= 4 is 28.0 Å². The minimum absolute atomic E-state index is 0.136. The molecule has 2 atom stereocenters. The molecule has 0 aromatic heterocycles. The lowest BCUT2D eigenvalue weighted by Crippen LogP contribution is -2.38. The van der Waals surface area contributed by atoms with E-state index in [0.29, 0.717) is 0 Å². The number of nitrogens with zero attached hydrogens (tertiary/aromatic N) is 2. The van der Waals surface area contributed by atoms with Gasteiger partial charge in [0.15, 0.2) is 0 Å². The van der Waals surface area contributed by atoms with E-state index in [9.17, 15) is 15.6 Å². The molecule has 2 unspecified atom stereocenters. The van der Waals surface area contributed by atoms with Gasteiger partial charge >= 0.3 is 0 Å². The third-order valence-corrected chi connectivity index (χ3v) is 4.20. The van der Waals surface area contributed by atoms with Gasteiger partial charge in [0.25, 0.3) is 0 Å². The number of rotatable bonds is 1. The molecular weight excluding hydrogens is 294 g/mol. The SMILES string of the molecule is N#CC1=C(O)NC(=S)C(C#N)C1c1cccc2ccccc12. The van der Waals surface area contributed by atoms with Crippen LogP contribution in [0.15, 0.2) is 53.9 Å². The van der Waals surface area contributed by atoms with E-state index in [1.807, 2.05) is 48.5 Å². The number of aliphatic hydroxyl groups is 1. The first-order valence-corrected chi connectivity index (χ1v) is 7.09. The largest absolute Gasteiger partial charge is 0.494 e. The highest BCUT2D eigenvalue weighted by Crippen LogP contribution is 2.39. The molecule has 1 aliphatic rings. The zero-order chi connectivity index (χ0) is 15.7. The van der Waals surface area contributed by atoms with E-state index in [4.69, 9.17) is 12.2 Å². The lowest BCUT2D eigenvalue weighted by atomic mass is 9.78. The van der Waals surface area contributed by atoms with Gasteiger partial charge in [-0.15, -0.1) is 0 Å². The van der Waals surface area contributed by atoms with Gasteiger partial charge in [-0.1, -0.05) is 54.7 Å². The summed E-state index contributed by atoms with van der Waals surface area (Å²) in [5, 5.41) is 33.4. The maximum atomic E-state index is 10.0. The summed E-state index contributed by atoms with van der Waals surface area (Å²) in [4.78, 5) is 0.233. The highest BCUT2D eigenvalue weighted by Gasteiger charge is 2.37. The van der Waals surface area contributed by atoms with Gasteiger partial charge in [0.05, 0.1) is 11.6 Å². The van der Waals surface area contributed by atoms with Crippen molar-refractivity contribution in [3.8, 4) is 12.1 Å². The molecule has 0 aliphatic carbocycles. The molecule has 0 saturated carbocycles. The molecule has 4 nitrogen and oxygen atoms in total. The second-order valence-electron chi connectivity index (χ2n) is 5.02. The Morgan fingerprint density at radius 1 is 1.09 bits per heavy atom. The first kappa shape index (κ1) is 14.1. The molecule has 0 amide bonds. The molecule has 5 heteroatoms. The van der Waals surface area contributed by atoms with Crippen LogP contribution < -0.4 is 5.32 Å². The number of aliphatic hydroxyl groups excluding tert-OH is 1. The van der Waals surface area contributed by atoms with E-state index in [1.165, 1.54) is 0 Å². The summed E-state index contributed by atoms with van der Waals surface area (Å²) in [6, 6.07) is 17.6. The standard InChI is InChI=1S/C17H11N3OS/c18-8-13-15(14(9-19)17(22)20-16(13)21)12-7-3-5-10-4-1-2-6-11(10)12/h1-7,14-15,21H,(H,20,22). The van der Waals surface area contributed by atoms with E-state index in [2.05, 4.69) is 11.4 Å². The van der Waals surface area contributed by atoms with Crippen molar-refractivity contribution in [1.29, 1.82) is 10.5 Å². The lowest BCUT2D eigenvalue weighted by molar-refractivity contribution is 0.368. The molecule has 22 heavy (non-hydrogen) atoms. The molecule has 0 fully saturated rings. The number of nitrogens with one attached hydrogen (secondary N) is 1. The van der Waals surface area contributed by atoms with E-state index < -0.39 is 11.8 Å². The highest BCUT2D eigenvalue weighted by atomic mass is 32.1. The Morgan fingerprint density at radius 2 is 1.82 bits per heavy atom. The van der Waals surface area contributed by atoms with Crippen LogP contribution in [0.2, 0.25) is 0 Å². The van der Waals surface area contributed by atoms with E-state index in [-0.39, 0.29) is 16.4 Å². The van der Waals surface area contributed by atoms with Crippen molar-refractivity contribution < 1.29 is 5.11 Å². The van der Waals surface area contributed by atoms with Gasteiger partial charge in [-0.05, 0) is 16.3 Å². The zero-order valence-corrected chi connectivity index (χ0v) is 12.3. The van der Waals surface area contributed by atoms with Crippen molar-refractivity contribution in [2.45, 2.75) is 5.92 Å². The van der Waals surface area contributed by atoms with Crippen LogP contribution in [-0.4, -0.2) is 10.1 Å². The van der Waals surface area contributed by atoms with Crippen molar-refractivity contribution in [1.82, 2.24) is 5.32 Å². The molecule has 2 aromatic carbocycles. The second kappa shape index (κ2) is 5.48. The van der Waals surface area contributed by atoms with Gasteiger partial charge in [-0.25, -0.2) is 0 Å². The van der Waals surface area contributed by atoms with Crippen LogP contribution in [0.1, 0.15) is 11.5 Å². The van der Waals surface area contributed by atoms with Crippen LogP contribution in [-0.2, 0) is 0 Å². The van der Waals surface area contributed by atoms with Gasteiger partial charge in [0.2, 0.25) is 5.88 Å².